The van der Waals surface area contributed by atoms with Gasteiger partial charge in [0.15, 0.2) is 0 Å². The van der Waals surface area contributed by atoms with Crippen molar-refractivity contribution in [3.8, 4) is 0 Å². The third kappa shape index (κ3) is 5.37. The molecule has 2 aromatic rings. The summed E-state index contributed by atoms with van der Waals surface area (Å²) in [5.74, 6) is -0.113. The highest BCUT2D eigenvalue weighted by molar-refractivity contribution is 7.89. The predicted octanol–water partition coefficient (Wildman–Crippen LogP) is 1.83. The third-order valence-corrected chi connectivity index (χ3v) is 6.68. The number of hydrogen-bond acceptors (Lipinski definition) is 4. The van der Waals surface area contributed by atoms with Crippen molar-refractivity contribution in [2.24, 2.45) is 0 Å². The lowest BCUT2D eigenvalue weighted by Gasteiger charge is -2.09. The van der Waals surface area contributed by atoms with E-state index in [9.17, 15) is 16.8 Å². The molecule has 0 aliphatic heterocycles. The molecule has 0 aliphatic rings. The van der Waals surface area contributed by atoms with Gasteiger partial charge in [-0.05, 0) is 55.3 Å². The zero-order chi connectivity index (χ0) is 18.7. The molecule has 8 heteroatoms. The summed E-state index contributed by atoms with van der Waals surface area (Å²) in [4.78, 5) is 0.229. The first-order valence-corrected chi connectivity index (χ1v) is 10.8. The Balaban J connectivity index is 2.06. The molecule has 2 aromatic carbocycles. The lowest BCUT2D eigenvalue weighted by molar-refractivity contribution is 0.581. The Morgan fingerprint density at radius 1 is 0.840 bits per heavy atom. The summed E-state index contributed by atoms with van der Waals surface area (Å²) in [5, 5.41) is 0. The number of hydrogen-bond donors (Lipinski definition) is 2. The van der Waals surface area contributed by atoms with Gasteiger partial charge in [-0.1, -0.05) is 30.3 Å². The number of rotatable bonds is 7. The number of nitrogens with one attached hydrogen (secondary N) is 2. The van der Waals surface area contributed by atoms with Crippen LogP contribution in [0.2, 0.25) is 0 Å². The van der Waals surface area contributed by atoms with Gasteiger partial charge in [0.25, 0.3) is 0 Å². The number of sulfonamides is 2. The number of benzene rings is 2. The zero-order valence-electron chi connectivity index (χ0n) is 14.4. The van der Waals surface area contributed by atoms with Gasteiger partial charge in [-0.2, -0.15) is 0 Å². The van der Waals surface area contributed by atoms with Crippen LogP contribution in [0.3, 0.4) is 0 Å². The molecule has 0 aliphatic carbocycles. The maximum atomic E-state index is 12.4. The van der Waals surface area contributed by atoms with E-state index in [1.54, 1.807) is 42.5 Å². The van der Waals surface area contributed by atoms with Crippen LogP contribution in [0.5, 0.6) is 0 Å². The molecule has 0 aromatic heterocycles. The third-order valence-electron chi connectivity index (χ3n) is 3.95. The molecule has 0 amide bonds. The first-order chi connectivity index (χ1) is 11.6. The summed E-state index contributed by atoms with van der Waals surface area (Å²) < 4.78 is 52.6. The molecule has 0 atom stereocenters. The minimum atomic E-state index is -3.60. The van der Waals surface area contributed by atoms with E-state index in [1.165, 1.54) is 7.05 Å². The van der Waals surface area contributed by atoms with Crippen LogP contribution in [0.25, 0.3) is 0 Å². The molecule has 136 valence electrons. The van der Waals surface area contributed by atoms with Gasteiger partial charge >= 0.3 is 0 Å². The highest BCUT2D eigenvalue weighted by Gasteiger charge is 2.14. The van der Waals surface area contributed by atoms with Crippen molar-refractivity contribution < 1.29 is 16.8 Å². The standard InChI is InChI=1S/C17H22N2O4S2/c1-13-4-9-17(10-14(13)2)25(22,23)19-11-15-5-7-16(8-6-15)12-24(20,21)18-3/h4-10,18-19H,11-12H2,1-3H3. The highest BCUT2D eigenvalue weighted by atomic mass is 32.2. The van der Waals surface area contributed by atoms with Crippen LogP contribution in [0.4, 0.5) is 0 Å². The Bertz CT molecular complexity index is 951. The lowest BCUT2D eigenvalue weighted by Crippen LogP contribution is -2.23. The fourth-order valence-electron chi connectivity index (χ4n) is 2.19. The Morgan fingerprint density at radius 3 is 2.00 bits per heavy atom. The topological polar surface area (TPSA) is 92.3 Å². The molecule has 2 rings (SSSR count). The second kappa shape index (κ2) is 7.65. The fourth-order valence-corrected chi connectivity index (χ4v) is 4.07. The maximum absolute atomic E-state index is 12.4. The molecular formula is C17H22N2O4S2. The van der Waals surface area contributed by atoms with Crippen molar-refractivity contribution in [1.82, 2.24) is 9.44 Å². The first kappa shape index (κ1) is 19.6. The Morgan fingerprint density at radius 2 is 1.44 bits per heavy atom. The van der Waals surface area contributed by atoms with Crippen molar-refractivity contribution in [3.05, 3.63) is 64.7 Å². The summed E-state index contributed by atoms with van der Waals surface area (Å²) >= 11 is 0. The van der Waals surface area contributed by atoms with Crippen molar-refractivity contribution in [2.45, 2.75) is 31.0 Å². The van der Waals surface area contributed by atoms with E-state index in [0.717, 1.165) is 16.7 Å². The van der Waals surface area contributed by atoms with E-state index in [0.29, 0.717) is 5.56 Å². The average molecular weight is 383 g/mol. The Kier molecular flexibility index (Phi) is 5.99. The SMILES string of the molecule is CNS(=O)(=O)Cc1ccc(CNS(=O)(=O)c2ccc(C)c(C)c2)cc1. The van der Waals surface area contributed by atoms with Crippen LogP contribution in [0, 0.1) is 13.8 Å². The highest BCUT2D eigenvalue weighted by Crippen LogP contribution is 2.15. The minimum absolute atomic E-state index is 0.113. The van der Waals surface area contributed by atoms with Crippen molar-refractivity contribution in [1.29, 1.82) is 0 Å². The summed E-state index contributed by atoms with van der Waals surface area (Å²) in [6.07, 6.45) is 0. The molecule has 6 nitrogen and oxygen atoms in total. The maximum Gasteiger partial charge on any atom is 0.240 e. The van der Waals surface area contributed by atoms with E-state index in [1.807, 2.05) is 13.8 Å². The molecule has 0 radical (unpaired) electrons. The molecule has 0 bridgehead atoms. The van der Waals surface area contributed by atoms with Gasteiger partial charge in [0.2, 0.25) is 20.0 Å². The Labute approximate surface area is 149 Å². The number of aryl methyl sites for hydroxylation is 2. The summed E-state index contributed by atoms with van der Waals surface area (Å²) in [5.41, 5.74) is 3.33. The summed E-state index contributed by atoms with van der Waals surface area (Å²) in [6.45, 7) is 3.93. The average Bonchev–Trinajstić information content (AvgIpc) is 2.56. The second-order valence-corrected chi connectivity index (χ2v) is 9.54. The van der Waals surface area contributed by atoms with E-state index < -0.39 is 20.0 Å². The molecule has 0 fully saturated rings. The summed E-state index contributed by atoms with van der Waals surface area (Å²) in [7, 11) is -5.56. The first-order valence-electron chi connectivity index (χ1n) is 7.69. The van der Waals surface area contributed by atoms with Crippen molar-refractivity contribution in [3.63, 3.8) is 0 Å². The van der Waals surface area contributed by atoms with E-state index in [2.05, 4.69) is 9.44 Å². The van der Waals surface area contributed by atoms with Gasteiger partial charge in [-0.15, -0.1) is 0 Å². The van der Waals surface area contributed by atoms with Crippen molar-refractivity contribution in [2.75, 3.05) is 7.05 Å². The monoisotopic (exact) mass is 382 g/mol. The van der Waals surface area contributed by atoms with E-state index in [4.69, 9.17) is 0 Å². The zero-order valence-corrected chi connectivity index (χ0v) is 16.0. The molecule has 25 heavy (non-hydrogen) atoms. The largest absolute Gasteiger partial charge is 0.240 e. The lowest BCUT2D eigenvalue weighted by atomic mass is 10.1. The van der Waals surface area contributed by atoms with Crippen LogP contribution >= 0.6 is 0 Å². The van der Waals surface area contributed by atoms with Gasteiger partial charge in [0, 0.05) is 6.54 Å². The fraction of sp³-hybridized carbons (Fsp3) is 0.294. The van der Waals surface area contributed by atoms with Crippen LogP contribution < -0.4 is 9.44 Å². The smallest absolute Gasteiger partial charge is 0.218 e. The van der Waals surface area contributed by atoms with Crippen LogP contribution in [-0.2, 0) is 32.3 Å². The molecule has 0 saturated carbocycles. The van der Waals surface area contributed by atoms with E-state index >= 15 is 0 Å². The van der Waals surface area contributed by atoms with Crippen molar-refractivity contribution >= 4 is 20.0 Å². The molecule has 0 spiro atoms. The van der Waals surface area contributed by atoms with Crippen LogP contribution in [0.15, 0.2) is 47.4 Å². The Hall–Kier alpha value is -1.74. The summed E-state index contributed by atoms with van der Waals surface area (Å²) in [6, 6.07) is 11.8. The second-order valence-electron chi connectivity index (χ2n) is 5.85. The normalized spacial score (nSPS) is 12.3. The predicted molar refractivity (Wildman–Crippen MR) is 98.1 cm³/mol. The molecule has 0 saturated heterocycles. The van der Waals surface area contributed by atoms with Gasteiger partial charge in [-0.3, -0.25) is 0 Å². The van der Waals surface area contributed by atoms with Gasteiger partial charge in [0.05, 0.1) is 10.6 Å². The molecule has 0 heterocycles. The van der Waals surface area contributed by atoms with Crippen LogP contribution in [0.1, 0.15) is 22.3 Å². The molecule has 0 unspecified atom stereocenters. The van der Waals surface area contributed by atoms with Gasteiger partial charge < -0.3 is 0 Å². The molecule has 2 N–H and O–H groups in total. The van der Waals surface area contributed by atoms with Gasteiger partial charge in [-0.25, -0.2) is 26.3 Å². The molecular weight excluding hydrogens is 360 g/mol. The minimum Gasteiger partial charge on any atom is -0.218 e. The van der Waals surface area contributed by atoms with Gasteiger partial charge in [0.1, 0.15) is 0 Å². The van der Waals surface area contributed by atoms with Crippen LogP contribution in [-0.4, -0.2) is 23.9 Å². The quantitative estimate of drug-likeness (QED) is 0.764. The van der Waals surface area contributed by atoms with E-state index in [-0.39, 0.29) is 17.2 Å².